The molecule has 0 atom stereocenters. The Kier molecular flexibility index (Phi) is 7.70. The lowest BCUT2D eigenvalue weighted by Gasteiger charge is -2.20. The predicted octanol–water partition coefficient (Wildman–Crippen LogP) is 0.0557. The number of amides is 3. The van der Waals surface area contributed by atoms with Crippen molar-refractivity contribution in [2.75, 3.05) is 26.8 Å². The van der Waals surface area contributed by atoms with Gasteiger partial charge in [-0.25, -0.2) is 4.79 Å². The molecule has 2 N–H and O–H groups in total. The van der Waals surface area contributed by atoms with Crippen molar-refractivity contribution in [2.45, 2.75) is 19.8 Å². The number of rotatable bonds is 7. The fraction of sp³-hybridized carbons (Fsp3) is 0.700. The number of hydrogen-bond acceptors (Lipinski definition) is 4. The van der Waals surface area contributed by atoms with Gasteiger partial charge >= 0.3 is 12.0 Å². The average molecular weight is 246 g/mol. The summed E-state index contributed by atoms with van der Waals surface area (Å²) in [6.45, 7) is 2.98. The van der Waals surface area contributed by atoms with Crippen LogP contribution in [0.5, 0.6) is 0 Å². The Morgan fingerprint density at radius 2 is 1.94 bits per heavy atom. The summed E-state index contributed by atoms with van der Waals surface area (Å²) in [4.78, 5) is 34.4. The highest BCUT2D eigenvalue weighted by Crippen LogP contribution is 1.93. The topological polar surface area (TPSA) is 95.9 Å². The maximum absolute atomic E-state index is 11.5. The van der Waals surface area contributed by atoms with Crippen LogP contribution in [0.1, 0.15) is 19.8 Å². The monoisotopic (exact) mass is 246 g/mol. The molecule has 0 rings (SSSR count). The normalized spacial score (nSPS) is 9.76. The van der Waals surface area contributed by atoms with E-state index in [0.29, 0.717) is 19.7 Å². The number of carboxylic acid groups (broad SMARTS) is 1. The number of carbonyl (C=O) groups is 3. The molecule has 0 aromatic carbocycles. The van der Waals surface area contributed by atoms with Gasteiger partial charge in [-0.2, -0.15) is 0 Å². The molecular formula is C10H18N2O5. The number of imide groups is 1. The summed E-state index contributed by atoms with van der Waals surface area (Å²) in [5.41, 5.74) is 0. The zero-order valence-corrected chi connectivity index (χ0v) is 10.1. The molecular weight excluding hydrogens is 228 g/mol. The van der Waals surface area contributed by atoms with E-state index < -0.39 is 17.9 Å². The molecule has 0 saturated carbocycles. The molecule has 7 heteroatoms. The number of nitrogens with one attached hydrogen (secondary N) is 1. The number of aliphatic carboxylic acids is 1. The zero-order valence-electron chi connectivity index (χ0n) is 10.1. The molecule has 0 unspecified atom stereocenters. The molecule has 7 nitrogen and oxygen atoms in total. The van der Waals surface area contributed by atoms with Crippen molar-refractivity contribution in [1.29, 1.82) is 0 Å². The Labute approximate surface area is 99.7 Å². The molecule has 0 aromatic heterocycles. The van der Waals surface area contributed by atoms with Crippen LogP contribution < -0.4 is 5.32 Å². The van der Waals surface area contributed by atoms with E-state index in [1.165, 1.54) is 12.0 Å². The average Bonchev–Trinajstić information content (AvgIpc) is 2.27. The Morgan fingerprint density at radius 1 is 1.29 bits per heavy atom. The van der Waals surface area contributed by atoms with Gasteiger partial charge in [-0.3, -0.25) is 14.9 Å². The molecule has 17 heavy (non-hydrogen) atoms. The van der Waals surface area contributed by atoms with Crippen LogP contribution in [0, 0.1) is 0 Å². The van der Waals surface area contributed by atoms with Crippen molar-refractivity contribution in [3.63, 3.8) is 0 Å². The van der Waals surface area contributed by atoms with E-state index in [4.69, 9.17) is 9.84 Å². The second-order valence-corrected chi connectivity index (χ2v) is 3.32. The third kappa shape index (κ3) is 7.29. The van der Waals surface area contributed by atoms with E-state index in [9.17, 15) is 14.4 Å². The minimum absolute atomic E-state index is 0.205. The van der Waals surface area contributed by atoms with Gasteiger partial charge in [0.05, 0.1) is 13.0 Å². The van der Waals surface area contributed by atoms with Gasteiger partial charge in [-0.05, 0) is 6.92 Å². The first-order valence-electron chi connectivity index (χ1n) is 5.30. The van der Waals surface area contributed by atoms with Gasteiger partial charge in [0.2, 0.25) is 5.91 Å². The molecule has 0 fully saturated rings. The maximum atomic E-state index is 11.5. The van der Waals surface area contributed by atoms with Crippen molar-refractivity contribution in [3.05, 3.63) is 0 Å². The van der Waals surface area contributed by atoms with Crippen molar-refractivity contribution >= 4 is 17.9 Å². The van der Waals surface area contributed by atoms with Gasteiger partial charge in [0.25, 0.3) is 0 Å². The maximum Gasteiger partial charge on any atom is 0.324 e. The smallest absolute Gasteiger partial charge is 0.324 e. The Hall–Kier alpha value is -1.63. The van der Waals surface area contributed by atoms with Crippen molar-refractivity contribution in [3.8, 4) is 0 Å². The minimum Gasteiger partial charge on any atom is -0.481 e. The van der Waals surface area contributed by atoms with Crippen LogP contribution in [0.2, 0.25) is 0 Å². The van der Waals surface area contributed by atoms with Crippen LogP contribution in [-0.2, 0) is 14.3 Å². The summed E-state index contributed by atoms with van der Waals surface area (Å²) in [6, 6.07) is -0.528. The van der Waals surface area contributed by atoms with Crippen LogP contribution in [0.15, 0.2) is 0 Å². The summed E-state index contributed by atoms with van der Waals surface area (Å²) in [7, 11) is 1.52. The third-order valence-electron chi connectivity index (χ3n) is 2.05. The second-order valence-electron chi connectivity index (χ2n) is 3.32. The fourth-order valence-corrected chi connectivity index (χ4v) is 1.09. The first kappa shape index (κ1) is 15.4. The second kappa shape index (κ2) is 8.51. The highest BCUT2D eigenvalue weighted by Gasteiger charge is 2.14. The van der Waals surface area contributed by atoms with E-state index in [-0.39, 0.29) is 12.8 Å². The molecule has 0 bridgehead atoms. The molecule has 0 aromatic rings. The largest absolute Gasteiger partial charge is 0.481 e. The summed E-state index contributed by atoms with van der Waals surface area (Å²) in [5, 5.41) is 10.5. The number of methoxy groups -OCH3 is 1. The standard InChI is InChI=1S/C10H18N2O5/c1-3-12(6-7-17-2)10(16)11-8(13)4-5-9(14)15/h3-7H2,1-2H3,(H,14,15)(H,11,13,16). The molecule has 0 aliphatic carbocycles. The number of hydrogen-bond donors (Lipinski definition) is 2. The quantitative estimate of drug-likeness (QED) is 0.662. The van der Waals surface area contributed by atoms with Gasteiger partial charge in [0.1, 0.15) is 0 Å². The molecule has 0 spiro atoms. The first-order chi connectivity index (χ1) is 8.01. The Morgan fingerprint density at radius 3 is 2.41 bits per heavy atom. The molecule has 0 radical (unpaired) electrons. The molecule has 3 amide bonds. The SMILES string of the molecule is CCN(CCOC)C(=O)NC(=O)CCC(=O)O. The number of carboxylic acids is 1. The molecule has 0 heterocycles. The lowest BCUT2D eigenvalue weighted by atomic mass is 10.3. The van der Waals surface area contributed by atoms with E-state index in [0.717, 1.165) is 0 Å². The summed E-state index contributed by atoms with van der Waals surface area (Å²) >= 11 is 0. The van der Waals surface area contributed by atoms with Crippen LogP contribution in [0.25, 0.3) is 0 Å². The fourth-order valence-electron chi connectivity index (χ4n) is 1.09. The van der Waals surface area contributed by atoms with E-state index in [1.54, 1.807) is 6.92 Å². The lowest BCUT2D eigenvalue weighted by Crippen LogP contribution is -2.44. The van der Waals surface area contributed by atoms with Crippen molar-refractivity contribution in [2.24, 2.45) is 0 Å². The zero-order chi connectivity index (χ0) is 13.3. The number of nitrogens with zero attached hydrogens (tertiary/aromatic N) is 1. The van der Waals surface area contributed by atoms with E-state index >= 15 is 0 Å². The van der Waals surface area contributed by atoms with Crippen molar-refractivity contribution in [1.82, 2.24) is 10.2 Å². The lowest BCUT2D eigenvalue weighted by molar-refractivity contribution is -0.138. The van der Waals surface area contributed by atoms with E-state index in [2.05, 4.69) is 5.32 Å². The van der Waals surface area contributed by atoms with E-state index in [1.807, 2.05) is 0 Å². The predicted molar refractivity (Wildman–Crippen MR) is 59.5 cm³/mol. The van der Waals surface area contributed by atoms with Gasteiger partial charge in [0, 0.05) is 26.6 Å². The molecule has 98 valence electrons. The number of ether oxygens (including phenoxy) is 1. The Bertz CT molecular complexity index is 280. The van der Waals surface area contributed by atoms with Gasteiger partial charge in [-0.1, -0.05) is 0 Å². The molecule has 0 aliphatic rings. The van der Waals surface area contributed by atoms with Crippen LogP contribution in [-0.4, -0.2) is 54.7 Å². The number of likely N-dealkylation sites (N-methyl/N-ethyl adjacent to an activating group) is 1. The number of carbonyl (C=O) groups excluding carboxylic acids is 2. The van der Waals surface area contributed by atoms with Gasteiger partial charge in [0.15, 0.2) is 0 Å². The third-order valence-corrected chi connectivity index (χ3v) is 2.05. The van der Waals surface area contributed by atoms with Crippen LogP contribution >= 0.6 is 0 Å². The van der Waals surface area contributed by atoms with Crippen LogP contribution in [0.4, 0.5) is 4.79 Å². The summed E-state index contributed by atoms with van der Waals surface area (Å²) in [6.07, 6.45) is -0.494. The first-order valence-corrected chi connectivity index (χ1v) is 5.30. The summed E-state index contributed by atoms with van der Waals surface area (Å²) < 4.78 is 4.82. The highest BCUT2D eigenvalue weighted by atomic mass is 16.5. The van der Waals surface area contributed by atoms with Gasteiger partial charge < -0.3 is 14.7 Å². The highest BCUT2D eigenvalue weighted by molar-refractivity contribution is 5.95. The van der Waals surface area contributed by atoms with Crippen molar-refractivity contribution < 1.29 is 24.2 Å². The van der Waals surface area contributed by atoms with Crippen LogP contribution in [0.3, 0.4) is 0 Å². The Balaban J connectivity index is 4.03. The number of urea groups is 1. The van der Waals surface area contributed by atoms with Gasteiger partial charge in [-0.15, -0.1) is 0 Å². The summed E-state index contributed by atoms with van der Waals surface area (Å²) in [5.74, 6) is -1.66. The minimum atomic E-state index is -1.07. The molecule has 0 aliphatic heterocycles. The molecule has 0 saturated heterocycles.